The highest BCUT2D eigenvalue weighted by Crippen LogP contribution is 2.37. The van der Waals surface area contributed by atoms with Gasteiger partial charge in [-0.25, -0.2) is 14.2 Å². The van der Waals surface area contributed by atoms with Gasteiger partial charge in [0.05, 0.1) is 25.3 Å². The lowest BCUT2D eigenvalue weighted by Gasteiger charge is -2.15. The number of nitrogens with one attached hydrogen (secondary N) is 1. The van der Waals surface area contributed by atoms with E-state index in [1.165, 1.54) is 38.5 Å². The van der Waals surface area contributed by atoms with Crippen LogP contribution in [0.2, 0.25) is 0 Å². The minimum Gasteiger partial charge on any atom is -0.496 e. The summed E-state index contributed by atoms with van der Waals surface area (Å²) in [5.74, 6) is -0.315. The van der Waals surface area contributed by atoms with Crippen molar-refractivity contribution in [1.29, 1.82) is 0 Å². The molecule has 0 spiro atoms. The number of ether oxygens (including phenoxy) is 3. The molecule has 0 atom stereocenters. The summed E-state index contributed by atoms with van der Waals surface area (Å²) in [6.07, 6.45) is -5.41. The van der Waals surface area contributed by atoms with Crippen molar-refractivity contribution in [3.8, 4) is 17.4 Å². The molecule has 0 fully saturated rings. The van der Waals surface area contributed by atoms with Crippen molar-refractivity contribution in [3.63, 3.8) is 0 Å². The van der Waals surface area contributed by atoms with E-state index in [1.54, 1.807) is 6.92 Å². The number of hydrogen-bond donors (Lipinski definition) is 1. The quantitative estimate of drug-likeness (QED) is 0.568. The molecule has 3 rings (SSSR count). The van der Waals surface area contributed by atoms with E-state index in [0.29, 0.717) is 22.3 Å². The van der Waals surface area contributed by atoms with Gasteiger partial charge in [0.1, 0.15) is 11.6 Å². The number of halogens is 4. The molecule has 0 bridgehead atoms. The Labute approximate surface area is 174 Å². The smallest absolute Gasteiger partial charge is 0.416 e. The monoisotopic (exact) mass is 438 g/mol. The van der Waals surface area contributed by atoms with Gasteiger partial charge in [-0.05, 0) is 37.3 Å². The second kappa shape index (κ2) is 8.66. The van der Waals surface area contributed by atoms with Crippen LogP contribution in [-0.4, -0.2) is 25.3 Å². The number of methoxy groups -OCH3 is 2. The van der Waals surface area contributed by atoms with Crippen LogP contribution in [-0.2, 0) is 12.7 Å². The molecular weight excluding hydrogens is 420 g/mol. The maximum atomic E-state index is 13.5. The first kappa shape index (κ1) is 22.1. The number of carbonyl (C=O) groups is 1. The van der Waals surface area contributed by atoms with Gasteiger partial charge in [-0.1, -0.05) is 6.07 Å². The number of aryl methyl sites for hydroxylation is 1. The van der Waals surface area contributed by atoms with E-state index in [9.17, 15) is 22.4 Å². The van der Waals surface area contributed by atoms with Gasteiger partial charge >= 0.3 is 12.3 Å². The number of alkyl halides is 3. The van der Waals surface area contributed by atoms with E-state index in [-0.39, 0.29) is 23.7 Å². The fourth-order valence-electron chi connectivity index (χ4n) is 3.00. The molecule has 1 aromatic heterocycles. The zero-order valence-electron chi connectivity index (χ0n) is 16.8. The standard InChI is InChI=1S/C21H18F4N2O4/c1-11-15-6-4-13(21(23,24)25)9-16(15)27-19(30-3)18(11)31-20(28)26-10-12-8-14(22)5-7-17(12)29-2/h4-9H,10H2,1-3H3,(H,26,28). The summed E-state index contributed by atoms with van der Waals surface area (Å²) >= 11 is 0. The highest BCUT2D eigenvalue weighted by Gasteiger charge is 2.31. The lowest BCUT2D eigenvalue weighted by Crippen LogP contribution is -2.27. The number of aromatic nitrogens is 1. The summed E-state index contributed by atoms with van der Waals surface area (Å²) in [5.41, 5.74) is -0.0562. The van der Waals surface area contributed by atoms with Crippen molar-refractivity contribution in [2.75, 3.05) is 14.2 Å². The molecule has 0 saturated heterocycles. The summed E-state index contributed by atoms with van der Waals surface area (Å²) in [5, 5.41) is 2.83. The highest BCUT2D eigenvalue weighted by molar-refractivity contribution is 5.87. The molecule has 1 N–H and O–H groups in total. The van der Waals surface area contributed by atoms with Crippen LogP contribution in [0.3, 0.4) is 0 Å². The number of rotatable bonds is 5. The van der Waals surface area contributed by atoms with Crippen LogP contribution < -0.4 is 19.5 Å². The first-order valence-corrected chi connectivity index (χ1v) is 8.97. The van der Waals surface area contributed by atoms with Crippen molar-refractivity contribution in [1.82, 2.24) is 10.3 Å². The zero-order valence-corrected chi connectivity index (χ0v) is 16.8. The van der Waals surface area contributed by atoms with E-state index < -0.39 is 23.7 Å². The Hall–Kier alpha value is -3.56. The van der Waals surface area contributed by atoms with Gasteiger partial charge in [0, 0.05) is 23.1 Å². The molecule has 2 aromatic carbocycles. The van der Waals surface area contributed by atoms with Crippen molar-refractivity contribution in [3.05, 3.63) is 58.9 Å². The van der Waals surface area contributed by atoms with Crippen LogP contribution in [0.5, 0.6) is 17.4 Å². The minimum atomic E-state index is -4.52. The summed E-state index contributed by atoms with van der Waals surface area (Å²) in [6, 6.07) is 6.92. The highest BCUT2D eigenvalue weighted by atomic mass is 19.4. The molecule has 10 heteroatoms. The van der Waals surface area contributed by atoms with Crippen LogP contribution in [0.15, 0.2) is 36.4 Å². The van der Waals surface area contributed by atoms with E-state index in [1.807, 2.05) is 0 Å². The lowest BCUT2D eigenvalue weighted by atomic mass is 10.1. The van der Waals surface area contributed by atoms with Crippen molar-refractivity contribution < 1.29 is 36.6 Å². The average Bonchev–Trinajstić information content (AvgIpc) is 2.73. The van der Waals surface area contributed by atoms with Gasteiger partial charge in [0.15, 0.2) is 5.75 Å². The van der Waals surface area contributed by atoms with E-state index in [2.05, 4.69) is 10.3 Å². The number of pyridine rings is 1. The van der Waals surface area contributed by atoms with Crippen molar-refractivity contribution in [2.45, 2.75) is 19.6 Å². The SMILES string of the molecule is COc1ccc(F)cc1CNC(=O)Oc1c(OC)nc2cc(C(F)(F)F)ccc2c1C. The second-order valence-corrected chi connectivity index (χ2v) is 6.50. The summed E-state index contributed by atoms with van der Waals surface area (Å²) in [6.45, 7) is 1.48. The normalized spacial score (nSPS) is 11.3. The Morgan fingerprint density at radius 1 is 1.10 bits per heavy atom. The van der Waals surface area contributed by atoms with E-state index in [0.717, 1.165) is 12.1 Å². The average molecular weight is 438 g/mol. The molecule has 0 unspecified atom stereocenters. The molecule has 3 aromatic rings. The molecule has 1 heterocycles. The Balaban J connectivity index is 1.86. The molecule has 6 nitrogen and oxygen atoms in total. The third-order valence-electron chi connectivity index (χ3n) is 4.54. The molecule has 0 aliphatic rings. The molecule has 0 saturated carbocycles. The summed E-state index contributed by atoms with van der Waals surface area (Å²) in [4.78, 5) is 16.4. The van der Waals surface area contributed by atoms with Crippen molar-refractivity contribution in [2.24, 2.45) is 0 Å². The van der Waals surface area contributed by atoms with Crippen LogP contribution in [0.25, 0.3) is 10.9 Å². The molecule has 0 aliphatic heterocycles. The van der Waals surface area contributed by atoms with Crippen LogP contribution in [0.1, 0.15) is 16.7 Å². The molecule has 164 valence electrons. The Kier molecular flexibility index (Phi) is 6.19. The third kappa shape index (κ3) is 4.79. The Bertz CT molecular complexity index is 1130. The van der Waals surface area contributed by atoms with Gasteiger partial charge in [0.2, 0.25) is 0 Å². The molecule has 1 amide bonds. The fraction of sp³-hybridized carbons (Fsp3) is 0.238. The van der Waals surface area contributed by atoms with Gasteiger partial charge in [0.25, 0.3) is 5.88 Å². The van der Waals surface area contributed by atoms with Crippen LogP contribution in [0, 0.1) is 12.7 Å². The van der Waals surface area contributed by atoms with E-state index in [4.69, 9.17) is 14.2 Å². The molecule has 0 aliphatic carbocycles. The van der Waals surface area contributed by atoms with Gasteiger partial charge in [-0.15, -0.1) is 0 Å². The first-order chi connectivity index (χ1) is 14.6. The fourth-order valence-corrected chi connectivity index (χ4v) is 3.00. The maximum Gasteiger partial charge on any atom is 0.416 e. The van der Waals surface area contributed by atoms with Gasteiger partial charge < -0.3 is 19.5 Å². The second-order valence-electron chi connectivity index (χ2n) is 6.50. The minimum absolute atomic E-state index is 0.0430. The lowest BCUT2D eigenvalue weighted by molar-refractivity contribution is -0.137. The van der Waals surface area contributed by atoms with Gasteiger partial charge in [-0.2, -0.15) is 13.2 Å². The summed E-state index contributed by atoms with van der Waals surface area (Å²) < 4.78 is 67.9. The van der Waals surface area contributed by atoms with Gasteiger partial charge in [-0.3, -0.25) is 0 Å². The van der Waals surface area contributed by atoms with Crippen molar-refractivity contribution >= 4 is 17.0 Å². The Morgan fingerprint density at radius 3 is 2.48 bits per heavy atom. The van der Waals surface area contributed by atoms with Crippen LogP contribution in [0.4, 0.5) is 22.4 Å². The predicted octanol–water partition coefficient (Wildman–Crippen LogP) is 5.01. The Morgan fingerprint density at radius 2 is 1.84 bits per heavy atom. The predicted molar refractivity (Wildman–Crippen MR) is 104 cm³/mol. The molecular formula is C21H18F4N2O4. The summed E-state index contributed by atoms with van der Waals surface area (Å²) in [7, 11) is 2.66. The topological polar surface area (TPSA) is 69.7 Å². The largest absolute Gasteiger partial charge is 0.496 e. The number of fused-ring (bicyclic) bond motifs is 1. The van der Waals surface area contributed by atoms with E-state index >= 15 is 0 Å². The number of carbonyl (C=O) groups excluding carboxylic acids is 1. The molecule has 31 heavy (non-hydrogen) atoms. The molecule has 0 radical (unpaired) electrons. The first-order valence-electron chi connectivity index (χ1n) is 8.97. The number of nitrogens with zero attached hydrogens (tertiary/aromatic N) is 1. The number of hydrogen-bond acceptors (Lipinski definition) is 5. The van der Waals surface area contributed by atoms with Crippen LogP contribution >= 0.6 is 0 Å². The zero-order chi connectivity index (χ0) is 22.8. The third-order valence-corrected chi connectivity index (χ3v) is 4.54. The number of benzene rings is 2. The number of amides is 1. The maximum absolute atomic E-state index is 13.5.